The summed E-state index contributed by atoms with van der Waals surface area (Å²) in [5.41, 5.74) is 2.52. The van der Waals surface area contributed by atoms with Crippen molar-refractivity contribution in [2.24, 2.45) is 0 Å². The molecule has 4 aromatic rings. The van der Waals surface area contributed by atoms with Gasteiger partial charge in [-0.15, -0.1) is 0 Å². The molecule has 0 unspecified atom stereocenters. The van der Waals surface area contributed by atoms with E-state index in [0.717, 1.165) is 39.7 Å². The third-order valence-electron chi connectivity index (χ3n) is 5.33. The molecule has 7 heteroatoms. The molecule has 29 heavy (non-hydrogen) atoms. The van der Waals surface area contributed by atoms with Crippen LogP contribution in [0.3, 0.4) is 0 Å². The van der Waals surface area contributed by atoms with Gasteiger partial charge in [-0.1, -0.05) is 29.5 Å². The number of benzene rings is 2. The molecule has 0 radical (unpaired) electrons. The summed E-state index contributed by atoms with van der Waals surface area (Å²) >= 11 is 1.54. The van der Waals surface area contributed by atoms with Gasteiger partial charge >= 0.3 is 0 Å². The molecule has 1 aliphatic rings. The molecule has 0 saturated carbocycles. The van der Waals surface area contributed by atoms with E-state index in [9.17, 15) is 4.79 Å². The van der Waals surface area contributed by atoms with E-state index >= 15 is 0 Å². The maximum atomic E-state index is 12.8. The molecule has 148 valence electrons. The van der Waals surface area contributed by atoms with Gasteiger partial charge in [-0.3, -0.25) is 4.79 Å². The van der Waals surface area contributed by atoms with E-state index in [2.05, 4.69) is 9.97 Å². The fourth-order valence-corrected chi connectivity index (χ4v) is 4.60. The number of nitrogens with zero attached hydrogens (tertiary/aromatic N) is 2. The number of H-pyrrole nitrogens is 1. The summed E-state index contributed by atoms with van der Waals surface area (Å²) in [6.45, 7) is 1.36. The smallest absolute Gasteiger partial charge is 0.274 e. The van der Waals surface area contributed by atoms with E-state index in [1.165, 1.54) is 0 Å². The Balaban J connectivity index is 1.22. The Kier molecular flexibility index (Phi) is 4.60. The van der Waals surface area contributed by atoms with Gasteiger partial charge in [0.05, 0.1) is 17.3 Å². The van der Waals surface area contributed by atoms with Crippen molar-refractivity contribution in [1.29, 1.82) is 0 Å². The highest BCUT2D eigenvalue weighted by molar-refractivity contribution is 7.20. The molecule has 1 saturated heterocycles. The first-order valence-electron chi connectivity index (χ1n) is 9.68. The topological polar surface area (TPSA) is 67.5 Å². The van der Waals surface area contributed by atoms with Crippen molar-refractivity contribution in [3.63, 3.8) is 0 Å². The van der Waals surface area contributed by atoms with Gasteiger partial charge in [0.25, 0.3) is 11.1 Å². The van der Waals surface area contributed by atoms with Crippen LogP contribution in [0.15, 0.2) is 48.5 Å². The molecular weight excluding hydrogens is 386 g/mol. The van der Waals surface area contributed by atoms with Gasteiger partial charge in [0.2, 0.25) is 0 Å². The number of carbonyl (C=O) groups excluding carboxylic acids is 1. The Morgan fingerprint density at radius 2 is 2.00 bits per heavy atom. The van der Waals surface area contributed by atoms with Crippen molar-refractivity contribution in [3.05, 3.63) is 54.2 Å². The summed E-state index contributed by atoms with van der Waals surface area (Å²) in [6.07, 6.45) is 1.67. The maximum absolute atomic E-state index is 12.8. The third kappa shape index (κ3) is 3.53. The number of aromatic amines is 1. The second kappa shape index (κ2) is 7.40. The number of likely N-dealkylation sites (tertiary alicyclic amines) is 1. The number of amides is 1. The molecule has 3 heterocycles. The fourth-order valence-electron chi connectivity index (χ4n) is 3.74. The minimum absolute atomic E-state index is 0.0479. The second-order valence-corrected chi connectivity index (χ2v) is 8.19. The van der Waals surface area contributed by atoms with E-state index < -0.39 is 0 Å². The van der Waals surface area contributed by atoms with Crippen LogP contribution in [0.5, 0.6) is 10.9 Å². The summed E-state index contributed by atoms with van der Waals surface area (Å²) in [5, 5.41) is 1.73. The van der Waals surface area contributed by atoms with Crippen LogP contribution in [0.25, 0.3) is 21.1 Å². The van der Waals surface area contributed by atoms with Crippen LogP contribution in [0.2, 0.25) is 0 Å². The minimum Gasteiger partial charge on any atom is -0.497 e. The van der Waals surface area contributed by atoms with Gasteiger partial charge < -0.3 is 19.4 Å². The van der Waals surface area contributed by atoms with Crippen LogP contribution < -0.4 is 9.47 Å². The first-order chi connectivity index (χ1) is 14.2. The van der Waals surface area contributed by atoms with Crippen molar-refractivity contribution >= 4 is 38.4 Å². The lowest BCUT2D eigenvalue weighted by atomic mass is 10.1. The number of aromatic nitrogens is 2. The number of fused-ring (bicyclic) bond motifs is 2. The highest BCUT2D eigenvalue weighted by Crippen LogP contribution is 2.32. The molecule has 0 bridgehead atoms. The van der Waals surface area contributed by atoms with Crippen LogP contribution in [0.1, 0.15) is 23.3 Å². The molecule has 2 aromatic carbocycles. The predicted octanol–water partition coefficient (Wildman–Crippen LogP) is 4.47. The Hall–Kier alpha value is -3.06. The number of rotatable bonds is 4. The largest absolute Gasteiger partial charge is 0.497 e. The molecule has 0 aliphatic carbocycles. The Morgan fingerprint density at radius 3 is 2.79 bits per heavy atom. The van der Waals surface area contributed by atoms with E-state index in [4.69, 9.17) is 9.47 Å². The number of thiazole rings is 1. The van der Waals surface area contributed by atoms with Crippen LogP contribution in [0.4, 0.5) is 0 Å². The summed E-state index contributed by atoms with van der Waals surface area (Å²) in [4.78, 5) is 22.5. The number of hydrogen-bond acceptors (Lipinski definition) is 5. The number of piperidine rings is 1. The fraction of sp³-hybridized carbons (Fsp3) is 0.273. The standard InChI is InChI=1S/C22H21N3O3S/c1-27-16-6-7-20-18(13-16)24-22(29-20)28-15-8-10-25(11-9-15)21(26)19-12-14-4-2-3-5-17(14)23-19/h2-7,12-13,15,23H,8-11H2,1H3. The first-order valence-corrected chi connectivity index (χ1v) is 10.5. The number of para-hydroxylation sites is 1. The van der Waals surface area contributed by atoms with Gasteiger partial charge in [-0.05, 0) is 24.3 Å². The molecule has 1 fully saturated rings. The number of ether oxygens (including phenoxy) is 2. The lowest BCUT2D eigenvalue weighted by Gasteiger charge is -2.31. The van der Waals surface area contributed by atoms with Gasteiger partial charge in [0, 0.05) is 42.9 Å². The van der Waals surface area contributed by atoms with Gasteiger partial charge in [0.15, 0.2) is 0 Å². The average Bonchev–Trinajstić information content (AvgIpc) is 3.36. The normalized spacial score (nSPS) is 15.1. The van der Waals surface area contributed by atoms with Crippen LogP contribution in [0, 0.1) is 0 Å². The van der Waals surface area contributed by atoms with Gasteiger partial charge in [-0.25, -0.2) is 4.98 Å². The van der Waals surface area contributed by atoms with E-state index in [-0.39, 0.29) is 12.0 Å². The minimum atomic E-state index is 0.0479. The molecule has 1 N–H and O–H groups in total. The monoisotopic (exact) mass is 407 g/mol. The molecule has 0 atom stereocenters. The van der Waals surface area contributed by atoms with Crippen molar-refractivity contribution in [2.45, 2.75) is 18.9 Å². The number of methoxy groups -OCH3 is 1. The van der Waals surface area contributed by atoms with E-state index in [1.54, 1.807) is 18.4 Å². The van der Waals surface area contributed by atoms with Crippen molar-refractivity contribution in [3.8, 4) is 10.9 Å². The second-order valence-electron chi connectivity index (χ2n) is 7.19. The molecule has 1 amide bonds. The van der Waals surface area contributed by atoms with Crippen molar-refractivity contribution in [2.75, 3.05) is 20.2 Å². The summed E-state index contributed by atoms with van der Waals surface area (Å²) in [5.74, 6) is 0.838. The summed E-state index contributed by atoms with van der Waals surface area (Å²) in [6, 6.07) is 15.7. The zero-order chi connectivity index (χ0) is 19.8. The molecular formula is C22H21N3O3S. The summed E-state index contributed by atoms with van der Waals surface area (Å²) in [7, 11) is 1.65. The number of nitrogens with one attached hydrogen (secondary N) is 1. The zero-order valence-corrected chi connectivity index (χ0v) is 16.9. The Morgan fingerprint density at radius 1 is 1.17 bits per heavy atom. The Labute approximate surface area is 172 Å². The highest BCUT2D eigenvalue weighted by Gasteiger charge is 2.26. The SMILES string of the molecule is COc1ccc2sc(OC3CCN(C(=O)c4cc5ccccc5[nH]4)CC3)nc2c1. The van der Waals surface area contributed by atoms with Crippen LogP contribution in [-0.4, -0.2) is 47.1 Å². The van der Waals surface area contributed by atoms with E-state index in [1.807, 2.05) is 53.4 Å². The molecule has 1 aliphatic heterocycles. The van der Waals surface area contributed by atoms with Crippen molar-refractivity contribution in [1.82, 2.24) is 14.9 Å². The molecule has 6 nitrogen and oxygen atoms in total. The predicted molar refractivity (Wildman–Crippen MR) is 114 cm³/mol. The molecule has 2 aromatic heterocycles. The third-order valence-corrected chi connectivity index (χ3v) is 6.26. The lowest BCUT2D eigenvalue weighted by Crippen LogP contribution is -2.41. The van der Waals surface area contributed by atoms with Gasteiger partial charge in [0.1, 0.15) is 17.5 Å². The Bertz CT molecular complexity index is 1140. The lowest BCUT2D eigenvalue weighted by molar-refractivity contribution is 0.0591. The van der Waals surface area contributed by atoms with Crippen LogP contribution in [-0.2, 0) is 0 Å². The number of hydrogen-bond donors (Lipinski definition) is 1. The number of carbonyl (C=O) groups is 1. The van der Waals surface area contributed by atoms with Crippen LogP contribution >= 0.6 is 11.3 Å². The average molecular weight is 407 g/mol. The van der Waals surface area contributed by atoms with Crippen molar-refractivity contribution < 1.29 is 14.3 Å². The maximum Gasteiger partial charge on any atom is 0.274 e. The quantitative estimate of drug-likeness (QED) is 0.542. The zero-order valence-electron chi connectivity index (χ0n) is 16.1. The highest BCUT2D eigenvalue weighted by atomic mass is 32.1. The molecule has 0 spiro atoms. The molecule has 5 rings (SSSR count). The first kappa shape index (κ1) is 18.0. The van der Waals surface area contributed by atoms with E-state index in [0.29, 0.717) is 24.0 Å². The van der Waals surface area contributed by atoms with Gasteiger partial charge in [-0.2, -0.15) is 0 Å². The summed E-state index contributed by atoms with van der Waals surface area (Å²) < 4.78 is 12.4.